The van der Waals surface area contributed by atoms with Crippen LogP contribution < -0.4 is 10.6 Å². The predicted octanol–water partition coefficient (Wildman–Crippen LogP) is 1.06. The number of piperidine rings is 1. The molecule has 2 N–H and O–H groups in total. The molecule has 0 aromatic heterocycles. The van der Waals surface area contributed by atoms with Crippen molar-refractivity contribution in [2.24, 2.45) is 5.41 Å². The van der Waals surface area contributed by atoms with E-state index in [2.05, 4.69) is 29.4 Å². The van der Waals surface area contributed by atoms with Gasteiger partial charge in [0.05, 0.1) is 6.61 Å². The number of nitrogens with one attached hydrogen (secondary N) is 2. The van der Waals surface area contributed by atoms with Gasteiger partial charge in [-0.25, -0.2) is 0 Å². The summed E-state index contributed by atoms with van der Waals surface area (Å²) in [6.07, 6.45) is 1.96. The maximum Gasteiger partial charge on any atom is 0.250 e. The molecule has 0 aromatic carbocycles. The number of carbonyl (C=O) groups is 1. The Morgan fingerprint density at radius 1 is 1.38 bits per heavy atom. The van der Waals surface area contributed by atoms with Crippen LogP contribution >= 0.6 is 24.8 Å². The van der Waals surface area contributed by atoms with Crippen molar-refractivity contribution in [3.8, 4) is 0 Å². The Labute approximate surface area is 140 Å². The van der Waals surface area contributed by atoms with Gasteiger partial charge in [0, 0.05) is 19.6 Å². The zero-order valence-corrected chi connectivity index (χ0v) is 14.7. The van der Waals surface area contributed by atoms with Crippen molar-refractivity contribution in [1.29, 1.82) is 0 Å². The average Bonchev–Trinajstić information content (AvgIpc) is 2.46. The molecular weight excluding hydrogens is 313 g/mol. The first kappa shape index (κ1) is 20.9. The molecule has 0 spiro atoms. The van der Waals surface area contributed by atoms with E-state index in [0.717, 1.165) is 52.1 Å². The van der Waals surface area contributed by atoms with E-state index < -0.39 is 0 Å². The monoisotopic (exact) mass is 341 g/mol. The highest BCUT2D eigenvalue weighted by molar-refractivity contribution is 5.85. The van der Waals surface area contributed by atoms with Crippen LogP contribution in [0.1, 0.15) is 26.7 Å². The van der Waals surface area contributed by atoms with Crippen LogP contribution in [0.3, 0.4) is 0 Å². The summed E-state index contributed by atoms with van der Waals surface area (Å²) >= 11 is 0. The molecule has 1 amide bonds. The Kier molecular flexibility index (Phi) is 9.81. The summed E-state index contributed by atoms with van der Waals surface area (Å²) in [6, 6.07) is 0. The summed E-state index contributed by atoms with van der Waals surface area (Å²) in [6.45, 7) is 10.5. The van der Waals surface area contributed by atoms with Gasteiger partial charge in [0.25, 0.3) is 0 Å². The highest BCUT2D eigenvalue weighted by Crippen LogP contribution is 2.26. The lowest BCUT2D eigenvalue weighted by Gasteiger charge is -2.35. The zero-order valence-electron chi connectivity index (χ0n) is 13.0. The second kappa shape index (κ2) is 9.85. The zero-order chi connectivity index (χ0) is 13.7. The van der Waals surface area contributed by atoms with Crippen LogP contribution in [0, 0.1) is 5.41 Å². The van der Waals surface area contributed by atoms with E-state index in [9.17, 15) is 4.79 Å². The molecule has 1 unspecified atom stereocenters. The number of halogens is 2. The molecule has 0 bridgehead atoms. The van der Waals surface area contributed by atoms with Crippen molar-refractivity contribution in [3.05, 3.63) is 0 Å². The normalized spacial score (nSPS) is 25.3. The summed E-state index contributed by atoms with van der Waals surface area (Å²) in [7, 11) is 0. The van der Waals surface area contributed by atoms with Gasteiger partial charge < -0.3 is 15.4 Å². The van der Waals surface area contributed by atoms with Gasteiger partial charge in [-0.05, 0) is 37.9 Å². The van der Waals surface area contributed by atoms with Gasteiger partial charge in [-0.15, -0.1) is 24.8 Å². The Morgan fingerprint density at radius 2 is 2.05 bits per heavy atom. The molecule has 0 aliphatic carbocycles. The number of carbonyl (C=O) groups excluding carboxylic acids is 1. The second-order valence-corrected chi connectivity index (χ2v) is 6.03. The summed E-state index contributed by atoms with van der Waals surface area (Å²) in [4.78, 5) is 14.4. The number of rotatable bonds is 4. The van der Waals surface area contributed by atoms with Gasteiger partial charge in [-0.2, -0.15) is 0 Å². The van der Waals surface area contributed by atoms with E-state index in [-0.39, 0.29) is 42.2 Å². The van der Waals surface area contributed by atoms with Crippen molar-refractivity contribution in [2.45, 2.75) is 32.8 Å². The molecular formula is C14H29Cl2N3O2. The van der Waals surface area contributed by atoms with Gasteiger partial charge in [-0.3, -0.25) is 9.69 Å². The van der Waals surface area contributed by atoms with E-state index in [4.69, 9.17) is 4.74 Å². The molecule has 0 radical (unpaired) electrons. The Hall–Kier alpha value is -0.0700. The average molecular weight is 342 g/mol. The first-order valence-corrected chi connectivity index (χ1v) is 7.45. The number of nitrogens with zero attached hydrogens (tertiary/aromatic N) is 1. The molecule has 7 heteroatoms. The summed E-state index contributed by atoms with van der Waals surface area (Å²) in [5.41, 5.74) is 0.236. The molecule has 5 nitrogen and oxygen atoms in total. The molecule has 21 heavy (non-hydrogen) atoms. The van der Waals surface area contributed by atoms with Crippen molar-refractivity contribution in [2.75, 3.05) is 45.9 Å². The van der Waals surface area contributed by atoms with E-state index in [1.54, 1.807) is 0 Å². The maximum absolute atomic E-state index is 12.2. The molecule has 0 aromatic rings. The minimum absolute atomic E-state index is 0. The number of morpholine rings is 1. The van der Waals surface area contributed by atoms with Crippen molar-refractivity contribution >= 4 is 30.7 Å². The van der Waals surface area contributed by atoms with E-state index in [0.29, 0.717) is 6.61 Å². The minimum atomic E-state index is -0.293. The highest BCUT2D eigenvalue weighted by atomic mass is 35.5. The van der Waals surface area contributed by atoms with Gasteiger partial charge in [0.15, 0.2) is 0 Å². The maximum atomic E-state index is 12.2. The molecule has 2 aliphatic heterocycles. The lowest BCUT2D eigenvalue weighted by atomic mass is 9.81. The Bertz CT molecular complexity index is 313. The number of likely N-dealkylation sites (N-methyl/N-ethyl adjacent to an activating group) is 1. The van der Waals surface area contributed by atoms with Gasteiger partial charge >= 0.3 is 0 Å². The molecule has 2 rings (SSSR count). The van der Waals surface area contributed by atoms with Crippen molar-refractivity contribution < 1.29 is 9.53 Å². The quantitative estimate of drug-likeness (QED) is 0.802. The number of hydrogen-bond donors (Lipinski definition) is 2. The topological polar surface area (TPSA) is 53.6 Å². The first-order valence-electron chi connectivity index (χ1n) is 7.45. The largest absolute Gasteiger partial charge is 0.366 e. The molecule has 2 aliphatic rings. The highest BCUT2D eigenvalue weighted by Gasteiger charge is 2.30. The second-order valence-electron chi connectivity index (χ2n) is 6.03. The SMILES string of the molecule is CCN1CCOC(C(=O)NCC2(C)CCNCC2)C1.Cl.Cl. The van der Waals surface area contributed by atoms with Crippen LogP contribution in [-0.4, -0.2) is 62.8 Å². The summed E-state index contributed by atoms with van der Waals surface area (Å²) < 4.78 is 5.58. The fourth-order valence-electron chi connectivity index (χ4n) is 2.77. The van der Waals surface area contributed by atoms with Crippen molar-refractivity contribution in [1.82, 2.24) is 15.5 Å². The molecule has 2 saturated heterocycles. The van der Waals surface area contributed by atoms with E-state index >= 15 is 0 Å². The van der Waals surface area contributed by atoms with E-state index in [1.807, 2.05) is 0 Å². The Morgan fingerprint density at radius 3 is 2.67 bits per heavy atom. The smallest absolute Gasteiger partial charge is 0.250 e. The van der Waals surface area contributed by atoms with Crippen LogP contribution in [0.2, 0.25) is 0 Å². The molecule has 2 fully saturated rings. The first-order chi connectivity index (χ1) is 9.13. The third-order valence-corrected chi connectivity index (χ3v) is 4.39. The van der Waals surface area contributed by atoms with Crippen LogP contribution in [0.4, 0.5) is 0 Å². The fraction of sp³-hybridized carbons (Fsp3) is 0.929. The van der Waals surface area contributed by atoms with Gasteiger partial charge in [0.1, 0.15) is 6.10 Å². The minimum Gasteiger partial charge on any atom is -0.366 e. The van der Waals surface area contributed by atoms with Crippen LogP contribution in [0.5, 0.6) is 0 Å². The number of amides is 1. The van der Waals surface area contributed by atoms with E-state index in [1.165, 1.54) is 0 Å². The summed E-state index contributed by atoms with van der Waals surface area (Å²) in [5.74, 6) is 0.0536. The molecule has 0 saturated carbocycles. The fourth-order valence-corrected chi connectivity index (χ4v) is 2.77. The van der Waals surface area contributed by atoms with Crippen LogP contribution in [-0.2, 0) is 9.53 Å². The lowest BCUT2D eigenvalue weighted by Crippen LogP contribution is -2.52. The van der Waals surface area contributed by atoms with Crippen LogP contribution in [0.15, 0.2) is 0 Å². The third-order valence-electron chi connectivity index (χ3n) is 4.39. The molecule has 126 valence electrons. The van der Waals surface area contributed by atoms with Crippen LogP contribution in [0.25, 0.3) is 0 Å². The Balaban J connectivity index is 0.00000200. The number of ether oxygens (including phenoxy) is 1. The van der Waals surface area contributed by atoms with Gasteiger partial charge in [0.2, 0.25) is 5.91 Å². The predicted molar refractivity (Wildman–Crippen MR) is 89.6 cm³/mol. The lowest BCUT2D eigenvalue weighted by molar-refractivity contribution is -0.138. The molecule has 1 atom stereocenters. The number of hydrogen-bond acceptors (Lipinski definition) is 4. The molecule has 2 heterocycles. The van der Waals surface area contributed by atoms with Crippen molar-refractivity contribution in [3.63, 3.8) is 0 Å². The standard InChI is InChI=1S/C14H27N3O2.2ClH/c1-3-17-8-9-19-12(10-17)13(18)16-11-14(2)4-6-15-7-5-14;;/h12,15H,3-11H2,1-2H3,(H,16,18);2*1H. The van der Waals surface area contributed by atoms with Gasteiger partial charge in [-0.1, -0.05) is 13.8 Å². The summed E-state index contributed by atoms with van der Waals surface area (Å²) in [5, 5.41) is 6.45. The third kappa shape index (κ3) is 6.28.